The van der Waals surface area contributed by atoms with E-state index >= 15 is 0 Å². The minimum atomic E-state index is -4.95. The van der Waals surface area contributed by atoms with Gasteiger partial charge in [-0.1, -0.05) is 28.1 Å². The van der Waals surface area contributed by atoms with Gasteiger partial charge >= 0.3 is 12.1 Å². The van der Waals surface area contributed by atoms with E-state index in [4.69, 9.17) is 9.47 Å². The van der Waals surface area contributed by atoms with Crippen LogP contribution in [-0.4, -0.2) is 31.1 Å². The van der Waals surface area contributed by atoms with E-state index in [0.717, 1.165) is 10.7 Å². The first-order valence-electron chi connectivity index (χ1n) is 7.96. The van der Waals surface area contributed by atoms with E-state index in [1.54, 1.807) is 36.4 Å². The fourth-order valence-corrected chi connectivity index (χ4v) is 2.26. The Labute approximate surface area is 167 Å². The smallest absolute Gasteiger partial charge is 0.454 e. The lowest BCUT2D eigenvalue weighted by atomic mass is 10.2. The predicted octanol–water partition coefficient (Wildman–Crippen LogP) is 4.74. The summed E-state index contributed by atoms with van der Waals surface area (Å²) in [5, 5.41) is 2.48. The van der Waals surface area contributed by atoms with Crippen LogP contribution < -0.4 is 10.1 Å². The summed E-state index contributed by atoms with van der Waals surface area (Å²) in [6.45, 7) is 0.106. The Morgan fingerprint density at radius 1 is 1.04 bits per heavy atom. The van der Waals surface area contributed by atoms with Crippen molar-refractivity contribution in [3.8, 4) is 5.75 Å². The molecule has 2 rings (SSSR count). The van der Waals surface area contributed by atoms with Gasteiger partial charge in [0.15, 0.2) is 0 Å². The van der Waals surface area contributed by atoms with Crippen molar-refractivity contribution in [3.63, 3.8) is 0 Å². The summed E-state index contributed by atoms with van der Waals surface area (Å²) in [5.41, 5.74) is 0.308. The van der Waals surface area contributed by atoms with Gasteiger partial charge in [0, 0.05) is 16.7 Å². The highest BCUT2D eigenvalue weighted by molar-refractivity contribution is 9.10. The number of halogens is 4. The van der Waals surface area contributed by atoms with E-state index < -0.39 is 17.9 Å². The Balaban J connectivity index is 1.88. The Kier molecular flexibility index (Phi) is 7.62. The number of carbonyl (C=O) groups is 2. The molecule has 0 heterocycles. The van der Waals surface area contributed by atoms with Gasteiger partial charge in [-0.15, -0.1) is 0 Å². The quantitative estimate of drug-likeness (QED) is 0.352. The van der Waals surface area contributed by atoms with Crippen molar-refractivity contribution >= 4 is 33.4 Å². The number of carbonyl (C=O) groups excluding carboxylic acids is 2. The Hall–Kier alpha value is -2.81. The van der Waals surface area contributed by atoms with E-state index in [-0.39, 0.29) is 24.5 Å². The zero-order chi connectivity index (χ0) is 20.6. The first kappa shape index (κ1) is 21.5. The van der Waals surface area contributed by atoms with Crippen molar-refractivity contribution in [3.05, 3.63) is 70.8 Å². The van der Waals surface area contributed by atoms with Crippen LogP contribution in [0.4, 0.5) is 18.9 Å². The predicted molar refractivity (Wildman–Crippen MR) is 100 cm³/mol. The lowest BCUT2D eigenvalue weighted by Crippen LogP contribution is -2.20. The molecule has 0 aliphatic rings. The third kappa shape index (κ3) is 6.73. The minimum Gasteiger partial charge on any atom is -0.490 e. The van der Waals surface area contributed by atoms with Crippen molar-refractivity contribution < 1.29 is 32.2 Å². The molecule has 0 atom stereocenters. The van der Waals surface area contributed by atoms with Gasteiger partial charge in [-0.3, -0.25) is 4.79 Å². The number of alkyl halides is 3. The molecule has 0 aliphatic carbocycles. The topological polar surface area (TPSA) is 64.6 Å². The van der Waals surface area contributed by atoms with Gasteiger partial charge in [0.1, 0.15) is 19.0 Å². The Bertz CT molecular complexity index is 851. The van der Waals surface area contributed by atoms with Crippen LogP contribution in [0, 0.1) is 0 Å². The molecule has 2 aromatic carbocycles. The molecule has 2 aromatic rings. The number of hydrogen-bond donors (Lipinski definition) is 1. The molecule has 0 bridgehead atoms. The molecule has 0 amide bonds. The first-order valence-corrected chi connectivity index (χ1v) is 8.75. The SMILES string of the molecule is O=C(OCCOc1ccc(Br)cc1)c1ccccc1NC=CC(=O)C(F)(F)F. The summed E-state index contributed by atoms with van der Waals surface area (Å²) in [5.74, 6) is -2.08. The number of ketones is 1. The maximum absolute atomic E-state index is 12.2. The van der Waals surface area contributed by atoms with Crippen molar-refractivity contribution in [2.45, 2.75) is 6.18 Å². The molecular weight excluding hydrogens is 443 g/mol. The highest BCUT2D eigenvalue weighted by Gasteiger charge is 2.36. The highest BCUT2D eigenvalue weighted by atomic mass is 79.9. The Morgan fingerprint density at radius 3 is 2.39 bits per heavy atom. The monoisotopic (exact) mass is 457 g/mol. The fourth-order valence-electron chi connectivity index (χ4n) is 1.99. The second kappa shape index (κ2) is 9.93. The average Bonchev–Trinajstić information content (AvgIpc) is 2.66. The molecule has 0 aromatic heterocycles. The van der Waals surface area contributed by atoms with Crippen LogP contribution in [0.25, 0.3) is 0 Å². The third-order valence-electron chi connectivity index (χ3n) is 3.30. The highest BCUT2D eigenvalue weighted by Crippen LogP contribution is 2.19. The van der Waals surface area contributed by atoms with E-state index in [1.807, 2.05) is 0 Å². The van der Waals surface area contributed by atoms with Gasteiger partial charge < -0.3 is 14.8 Å². The lowest BCUT2D eigenvalue weighted by molar-refractivity contribution is -0.165. The normalized spacial score (nSPS) is 11.3. The summed E-state index contributed by atoms with van der Waals surface area (Å²) in [4.78, 5) is 23.0. The van der Waals surface area contributed by atoms with Crippen molar-refractivity contribution in [2.75, 3.05) is 18.5 Å². The fraction of sp³-hybridized carbons (Fsp3) is 0.158. The molecule has 0 unspecified atom stereocenters. The molecular formula is C19H15BrF3NO4. The van der Waals surface area contributed by atoms with Crippen LogP contribution in [-0.2, 0) is 9.53 Å². The van der Waals surface area contributed by atoms with E-state index in [2.05, 4.69) is 21.2 Å². The van der Waals surface area contributed by atoms with Crippen LogP contribution in [0.1, 0.15) is 10.4 Å². The number of nitrogens with one attached hydrogen (secondary N) is 1. The molecule has 28 heavy (non-hydrogen) atoms. The van der Waals surface area contributed by atoms with Crippen molar-refractivity contribution in [1.82, 2.24) is 0 Å². The largest absolute Gasteiger partial charge is 0.490 e. The average molecular weight is 458 g/mol. The molecule has 0 aliphatic heterocycles. The van der Waals surface area contributed by atoms with Crippen LogP contribution in [0.3, 0.4) is 0 Å². The molecule has 0 saturated carbocycles. The number of ether oxygens (including phenoxy) is 2. The van der Waals surface area contributed by atoms with E-state index in [1.165, 1.54) is 12.1 Å². The maximum Gasteiger partial charge on any atom is 0.454 e. The lowest BCUT2D eigenvalue weighted by Gasteiger charge is -2.10. The van der Waals surface area contributed by atoms with Crippen molar-refractivity contribution in [2.24, 2.45) is 0 Å². The van der Waals surface area contributed by atoms with Crippen LogP contribution in [0.15, 0.2) is 65.3 Å². The number of esters is 1. The summed E-state index contributed by atoms with van der Waals surface area (Å²) in [7, 11) is 0. The first-order chi connectivity index (χ1) is 13.3. The number of anilines is 1. The molecule has 148 valence electrons. The summed E-state index contributed by atoms with van der Waals surface area (Å²) >= 11 is 3.30. The maximum atomic E-state index is 12.2. The van der Waals surface area contributed by atoms with E-state index in [0.29, 0.717) is 11.8 Å². The molecule has 0 fully saturated rings. The standard InChI is InChI=1S/C19H15BrF3NO4/c20-13-5-7-14(8-6-13)27-11-12-28-18(26)15-3-1-2-4-16(15)24-10-9-17(25)19(21,22)23/h1-10,24H,11-12H2. The summed E-state index contributed by atoms with van der Waals surface area (Å²) in [6.07, 6.45) is -3.79. The second-order valence-corrected chi connectivity index (χ2v) is 6.24. The van der Waals surface area contributed by atoms with Gasteiger partial charge in [-0.2, -0.15) is 13.2 Å². The van der Waals surface area contributed by atoms with Gasteiger partial charge in [0.05, 0.1) is 11.3 Å². The van der Waals surface area contributed by atoms with Crippen LogP contribution >= 0.6 is 15.9 Å². The zero-order valence-corrected chi connectivity index (χ0v) is 15.9. The van der Waals surface area contributed by atoms with Crippen molar-refractivity contribution in [1.29, 1.82) is 0 Å². The van der Waals surface area contributed by atoms with Gasteiger partial charge in [0.25, 0.3) is 5.78 Å². The van der Waals surface area contributed by atoms with Crippen LogP contribution in [0.2, 0.25) is 0 Å². The molecule has 0 saturated heterocycles. The second-order valence-electron chi connectivity index (χ2n) is 5.32. The molecule has 9 heteroatoms. The van der Waals surface area contributed by atoms with Gasteiger partial charge in [-0.05, 0) is 36.4 Å². The molecule has 0 radical (unpaired) electrons. The summed E-state index contributed by atoms with van der Waals surface area (Å²) in [6, 6.07) is 13.2. The minimum absolute atomic E-state index is 0.0222. The molecule has 0 spiro atoms. The number of rotatable bonds is 8. The molecule has 1 N–H and O–H groups in total. The number of allylic oxidation sites excluding steroid dienone is 1. The Morgan fingerprint density at radius 2 is 1.71 bits per heavy atom. The van der Waals surface area contributed by atoms with Gasteiger partial charge in [-0.25, -0.2) is 4.79 Å². The zero-order valence-electron chi connectivity index (χ0n) is 14.3. The van der Waals surface area contributed by atoms with Crippen LogP contribution in [0.5, 0.6) is 5.75 Å². The molecule has 5 nitrogen and oxygen atoms in total. The summed E-state index contributed by atoms with van der Waals surface area (Å²) < 4.78 is 48.0. The van der Waals surface area contributed by atoms with E-state index in [9.17, 15) is 22.8 Å². The van der Waals surface area contributed by atoms with Gasteiger partial charge in [0.2, 0.25) is 0 Å². The number of para-hydroxylation sites is 1. The third-order valence-corrected chi connectivity index (χ3v) is 3.83. The number of benzene rings is 2. The number of hydrogen-bond acceptors (Lipinski definition) is 5.